The van der Waals surface area contributed by atoms with E-state index < -0.39 is 17.7 Å². The smallest absolute Gasteiger partial charge is 0.308 e. The van der Waals surface area contributed by atoms with Crippen LogP contribution in [0.15, 0.2) is 12.4 Å². The van der Waals surface area contributed by atoms with Gasteiger partial charge < -0.3 is 20.3 Å². The fourth-order valence-corrected chi connectivity index (χ4v) is 6.13. The van der Waals surface area contributed by atoms with Gasteiger partial charge in [-0.25, -0.2) is 19.9 Å². The van der Waals surface area contributed by atoms with E-state index in [2.05, 4.69) is 30.2 Å². The van der Waals surface area contributed by atoms with Crippen LogP contribution in [-0.4, -0.2) is 55.1 Å². The molecule has 2 bridgehead atoms. The number of aliphatic carboxylic acids is 1. The molecule has 0 spiro atoms. The number of fused-ring (bicyclic) bond motifs is 4. The second kappa shape index (κ2) is 8.33. The van der Waals surface area contributed by atoms with Crippen LogP contribution in [0.3, 0.4) is 0 Å². The first-order chi connectivity index (χ1) is 16.5. The van der Waals surface area contributed by atoms with Crippen LogP contribution in [0.2, 0.25) is 5.15 Å². The summed E-state index contributed by atoms with van der Waals surface area (Å²) in [5.41, 5.74) is 1.59. The molecule has 3 aliphatic carbocycles. The molecular weight excluding hydrogens is 461 g/mol. The van der Waals surface area contributed by atoms with E-state index >= 15 is 4.39 Å². The maximum Gasteiger partial charge on any atom is 0.308 e. The SMILES string of the molecule is O=C(O)[C@H]1C2CCC(CC2)[C@@H]1Nc1nc(-c2c[nH]c3ncc(Cl)nc23)nc(N2CCCC2)c1F. The van der Waals surface area contributed by atoms with Gasteiger partial charge in [-0.05, 0) is 50.4 Å². The first kappa shape index (κ1) is 21.5. The first-order valence-electron chi connectivity index (χ1n) is 11.8. The van der Waals surface area contributed by atoms with Crippen molar-refractivity contribution >= 4 is 40.4 Å². The number of anilines is 2. The summed E-state index contributed by atoms with van der Waals surface area (Å²) in [6.45, 7) is 1.41. The minimum absolute atomic E-state index is 0.0417. The Labute approximate surface area is 200 Å². The normalized spacial score (nSPS) is 26.4. The van der Waals surface area contributed by atoms with E-state index in [-0.39, 0.29) is 34.7 Å². The molecule has 7 rings (SSSR count). The van der Waals surface area contributed by atoms with Crippen molar-refractivity contribution in [2.24, 2.45) is 17.8 Å². The van der Waals surface area contributed by atoms with Crippen molar-refractivity contribution < 1.29 is 14.3 Å². The van der Waals surface area contributed by atoms with Crippen molar-refractivity contribution in [1.29, 1.82) is 0 Å². The molecule has 4 fully saturated rings. The van der Waals surface area contributed by atoms with Gasteiger partial charge in [0.25, 0.3) is 0 Å². The molecule has 0 unspecified atom stereocenters. The Kier molecular flexibility index (Phi) is 5.28. The van der Waals surface area contributed by atoms with E-state index in [0.29, 0.717) is 35.6 Å². The van der Waals surface area contributed by atoms with Gasteiger partial charge in [0.15, 0.2) is 23.1 Å². The highest BCUT2D eigenvalue weighted by Gasteiger charge is 2.47. The molecular formula is C23H25ClFN7O2. The quantitative estimate of drug-likeness (QED) is 0.494. The minimum Gasteiger partial charge on any atom is -0.481 e. The number of hydrogen-bond donors (Lipinski definition) is 3. The molecule has 3 aromatic rings. The summed E-state index contributed by atoms with van der Waals surface area (Å²) >= 11 is 6.07. The number of aromatic nitrogens is 5. The molecule has 34 heavy (non-hydrogen) atoms. The van der Waals surface area contributed by atoms with E-state index in [1.807, 2.05) is 4.90 Å². The molecule has 3 saturated carbocycles. The van der Waals surface area contributed by atoms with Gasteiger partial charge in [0.2, 0.25) is 5.82 Å². The lowest BCUT2D eigenvalue weighted by Crippen LogP contribution is -2.51. The van der Waals surface area contributed by atoms with E-state index in [9.17, 15) is 9.90 Å². The second-order valence-corrected chi connectivity index (χ2v) is 9.92. The Balaban J connectivity index is 1.46. The van der Waals surface area contributed by atoms with Gasteiger partial charge in [0.1, 0.15) is 10.7 Å². The van der Waals surface area contributed by atoms with Crippen molar-refractivity contribution in [1.82, 2.24) is 24.9 Å². The summed E-state index contributed by atoms with van der Waals surface area (Å²) in [4.78, 5) is 34.8. The van der Waals surface area contributed by atoms with Crippen LogP contribution in [0.5, 0.6) is 0 Å². The summed E-state index contributed by atoms with van der Waals surface area (Å²) in [6, 6.07) is -0.370. The monoisotopic (exact) mass is 485 g/mol. The number of halogens is 2. The first-order valence-corrected chi connectivity index (χ1v) is 12.2. The van der Waals surface area contributed by atoms with Crippen LogP contribution in [0.1, 0.15) is 38.5 Å². The zero-order chi connectivity index (χ0) is 23.4. The number of carboxylic acid groups (broad SMARTS) is 1. The topological polar surface area (TPSA) is 120 Å². The van der Waals surface area contributed by atoms with Gasteiger partial charge in [-0.1, -0.05) is 11.6 Å². The standard InChI is InChI=1S/C23H25ClFN7O2/c24-14-10-27-21-18(28-14)13(9-26-21)19-30-20(16(25)22(31-19)32-7-1-2-8-32)29-17-12-5-3-11(4-6-12)15(17)23(33)34/h9-12,15,17H,1-8H2,(H,26,27)(H,33,34)(H,29,30,31)/t11?,12?,15-,17-/m0/s1. The third-order valence-corrected chi connectivity index (χ3v) is 7.82. The molecule has 4 aliphatic rings. The molecule has 2 atom stereocenters. The molecule has 0 aromatic carbocycles. The number of carboxylic acids is 1. The van der Waals surface area contributed by atoms with Gasteiger partial charge in [0, 0.05) is 25.3 Å². The number of nitrogens with zero attached hydrogens (tertiary/aromatic N) is 5. The average Bonchev–Trinajstić information content (AvgIpc) is 3.51. The maximum absolute atomic E-state index is 15.8. The molecule has 178 valence electrons. The average molecular weight is 486 g/mol. The third-order valence-electron chi connectivity index (χ3n) is 7.64. The Bertz CT molecular complexity index is 1250. The number of hydrogen-bond acceptors (Lipinski definition) is 7. The predicted octanol–water partition coefficient (Wildman–Crippen LogP) is 4.11. The van der Waals surface area contributed by atoms with Crippen molar-refractivity contribution in [2.45, 2.75) is 44.6 Å². The largest absolute Gasteiger partial charge is 0.481 e. The molecule has 0 radical (unpaired) electrons. The molecule has 11 heteroatoms. The van der Waals surface area contributed by atoms with E-state index in [1.165, 1.54) is 6.20 Å². The number of H-pyrrole nitrogens is 1. The molecule has 0 amide bonds. The molecule has 3 N–H and O–H groups in total. The Morgan fingerprint density at radius 2 is 1.88 bits per heavy atom. The highest BCUT2D eigenvalue weighted by molar-refractivity contribution is 6.29. The second-order valence-electron chi connectivity index (χ2n) is 9.53. The highest BCUT2D eigenvalue weighted by Crippen LogP contribution is 2.46. The zero-order valence-electron chi connectivity index (χ0n) is 18.5. The van der Waals surface area contributed by atoms with Gasteiger partial charge in [-0.2, -0.15) is 4.39 Å². The van der Waals surface area contributed by atoms with Crippen molar-refractivity contribution in [3.8, 4) is 11.4 Å². The minimum atomic E-state index is -0.831. The van der Waals surface area contributed by atoms with E-state index in [0.717, 1.165) is 38.5 Å². The van der Waals surface area contributed by atoms with Crippen LogP contribution in [0, 0.1) is 23.6 Å². The maximum atomic E-state index is 15.8. The van der Waals surface area contributed by atoms with Crippen molar-refractivity contribution in [2.75, 3.05) is 23.3 Å². The summed E-state index contributed by atoms with van der Waals surface area (Å²) in [7, 11) is 0. The fraction of sp³-hybridized carbons (Fsp3) is 0.522. The van der Waals surface area contributed by atoms with E-state index in [1.54, 1.807) is 6.20 Å². The number of nitrogens with one attached hydrogen (secondary N) is 2. The summed E-state index contributed by atoms with van der Waals surface area (Å²) in [6.07, 6.45) is 8.77. The van der Waals surface area contributed by atoms with E-state index in [4.69, 9.17) is 11.6 Å². The molecule has 9 nitrogen and oxygen atoms in total. The fourth-order valence-electron chi connectivity index (χ4n) is 6.00. The van der Waals surface area contributed by atoms with Crippen molar-refractivity contribution in [3.63, 3.8) is 0 Å². The molecule has 3 aromatic heterocycles. The van der Waals surface area contributed by atoms with Crippen LogP contribution in [-0.2, 0) is 4.79 Å². The molecule has 4 heterocycles. The van der Waals surface area contributed by atoms with Gasteiger partial charge >= 0.3 is 5.97 Å². The lowest BCUT2D eigenvalue weighted by atomic mass is 9.61. The lowest BCUT2D eigenvalue weighted by molar-refractivity contribution is -0.148. The molecule has 1 saturated heterocycles. The van der Waals surface area contributed by atoms with Gasteiger partial charge in [-0.3, -0.25) is 4.79 Å². The number of carbonyl (C=O) groups is 1. The summed E-state index contributed by atoms with van der Waals surface area (Å²) < 4.78 is 15.8. The van der Waals surface area contributed by atoms with Crippen molar-refractivity contribution in [3.05, 3.63) is 23.4 Å². The summed E-state index contributed by atoms with van der Waals surface area (Å²) in [5.74, 6) is -1.09. The lowest BCUT2D eigenvalue weighted by Gasteiger charge is -2.47. The predicted molar refractivity (Wildman–Crippen MR) is 125 cm³/mol. The summed E-state index contributed by atoms with van der Waals surface area (Å²) in [5, 5.41) is 13.4. The van der Waals surface area contributed by atoms with Crippen LogP contribution < -0.4 is 10.2 Å². The van der Waals surface area contributed by atoms with Crippen LogP contribution in [0.4, 0.5) is 16.0 Å². The van der Waals surface area contributed by atoms with Gasteiger partial charge in [0.05, 0.1) is 17.7 Å². The van der Waals surface area contributed by atoms with Crippen LogP contribution >= 0.6 is 11.6 Å². The highest BCUT2D eigenvalue weighted by atomic mass is 35.5. The Morgan fingerprint density at radius 3 is 2.62 bits per heavy atom. The zero-order valence-corrected chi connectivity index (χ0v) is 19.2. The third kappa shape index (κ3) is 3.55. The Morgan fingerprint density at radius 1 is 1.15 bits per heavy atom. The number of rotatable bonds is 5. The molecule has 1 aliphatic heterocycles. The Hall–Kier alpha value is -3.01. The number of aromatic amines is 1. The van der Waals surface area contributed by atoms with Crippen LogP contribution in [0.25, 0.3) is 22.6 Å². The van der Waals surface area contributed by atoms with Gasteiger partial charge in [-0.15, -0.1) is 0 Å².